The van der Waals surface area contributed by atoms with Crippen LogP contribution in [0.3, 0.4) is 0 Å². The van der Waals surface area contributed by atoms with Crippen LogP contribution in [0.15, 0.2) is 65.8 Å². The van der Waals surface area contributed by atoms with E-state index in [0.29, 0.717) is 18.1 Å². The van der Waals surface area contributed by atoms with Gasteiger partial charge in [-0.1, -0.05) is 30.3 Å². The third-order valence-electron chi connectivity index (χ3n) is 6.31. The molecule has 1 aromatic heterocycles. The predicted molar refractivity (Wildman–Crippen MR) is 134 cm³/mol. The van der Waals surface area contributed by atoms with Gasteiger partial charge in [0.25, 0.3) is 0 Å². The number of fused-ring (bicyclic) bond motifs is 1. The molecule has 0 spiro atoms. The van der Waals surface area contributed by atoms with E-state index >= 15 is 0 Å². The van der Waals surface area contributed by atoms with Crippen LogP contribution < -0.4 is 10.1 Å². The Kier molecular flexibility index (Phi) is 6.59. The highest BCUT2D eigenvalue weighted by molar-refractivity contribution is 7.93. The number of benzene rings is 2. The summed E-state index contributed by atoms with van der Waals surface area (Å²) in [6.45, 7) is 2.00. The lowest BCUT2D eigenvalue weighted by atomic mass is 10.0. The molecule has 0 aliphatic carbocycles. The molecule has 1 saturated heterocycles. The number of hydrazine groups is 1. The van der Waals surface area contributed by atoms with Crippen LogP contribution in [0.2, 0.25) is 0 Å². The predicted octanol–water partition coefficient (Wildman–Crippen LogP) is 3.56. The Morgan fingerprint density at radius 3 is 2.29 bits per heavy atom. The van der Waals surface area contributed by atoms with E-state index in [9.17, 15) is 31.8 Å². The van der Waals surface area contributed by atoms with Gasteiger partial charge in [-0.15, -0.1) is 0 Å². The van der Waals surface area contributed by atoms with Gasteiger partial charge in [-0.25, -0.2) is 4.99 Å². The van der Waals surface area contributed by atoms with Gasteiger partial charge in [0.2, 0.25) is 0 Å². The molecular weight excluding hydrogens is 527 g/mol. The smallest absolute Gasteiger partial charge is 0.388 e. The van der Waals surface area contributed by atoms with Gasteiger partial charge < -0.3 is 19.5 Å². The average molecular weight is 552 g/mol. The van der Waals surface area contributed by atoms with Crippen molar-refractivity contribution >= 4 is 33.6 Å². The minimum absolute atomic E-state index is 0.238. The Hall–Kier alpha value is -3.59. The second kappa shape index (κ2) is 9.62. The van der Waals surface area contributed by atoms with Crippen molar-refractivity contribution < 1.29 is 36.5 Å². The Balaban J connectivity index is 1.39. The van der Waals surface area contributed by atoms with Crippen LogP contribution >= 0.6 is 0 Å². The highest BCUT2D eigenvalue weighted by atomic mass is 32.2. The fraction of sp³-hybridized carbons (Fsp3) is 0.292. The SMILES string of the molecule is C[C@H]1O[C@@H](n2cc(-c3ccccc3)c3c2N=CN(Nc2ccc(NS(=O)(=O)C(F)(F)F)cc2)C3)[C@H](O)[C@@H]1O. The van der Waals surface area contributed by atoms with Crippen molar-refractivity contribution in [2.75, 3.05) is 10.1 Å². The number of nitrogens with zero attached hydrogens (tertiary/aromatic N) is 3. The first-order valence-corrected chi connectivity index (χ1v) is 13.0. The monoisotopic (exact) mass is 551 g/mol. The third kappa shape index (κ3) is 4.82. The van der Waals surface area contributed by atoms with Crippen molar-refractivity contribution in [3.63, 3.8) is 0 Å². The van der Waals surface area contributed by atoms with Gasteiger partial charge in [0, 0.05) is 23.0 Å². The van der Waals surface area contributed by atoms with Gasteiger partial charge >= 0.3 is 15.5 Å². The van der Waals surface area contributed by atoms with Crippen LogP contribution in [-0.4, -0.2) is 58.4 Å². The molecule has 38 heavy (non-hydrogen) atoms. The van der Waals surface area contributed by atoms with Gasteiger partial charge in [0.15, 0.2) is 6.23 Å². The molecule has 2 aromatic carbocycles. The van der Waals surface area contributed by atoms with Crippen molar-refractivity contribution in [2.45, 2.75) is 43.5 Å². The van der Waals surface area contributed by atoms with E-state index in [1.165, 1.54) is 35.3 Å². The maximum atomic E-state index is 12.6. The maximum Gasteiger partial charge on any atom is 0.516 e. The number of aromatic nitrogens is 1. The lowest BCUT2D eigenvalue weighted by molar-refractivity contribution is -0.0429. The van der Waals surface area contributed by atoms with E-state index < -0.39 is 40.1 Å². The van der Waals surface area contributed by atoms with Crippen molar-refractivity contribution in [3.05, 3.63) is 66.4 Å². The summed E-state index contributed by atoms with van der Waals surface area (Å²) in [5.41, 5.74) is 0.445. The van der Waals surface area contributed by atoms with Crippen LogP contribution in [0, 0.1) is 0 Å². The number of rotatable bonds is 6. The average Bonchev–Trinajstić information content (AvgIpc) is 3.37. The van der Waals surface area contributed by atoms with Crippen molar-refractivity contribution in [1.82, 2.24) is 9.58 Å². The number of sulfonamides is 1. The van der Waals surface area contributed by atoms with Crippen LogP contribution in [0.1, 0.15) is 18.7 Å². The molecule has 4 atom stereocenters. The van der Waals surface area contributed by atoms with Gasteiger partial charge in [0.1, 0.15) is 24.4 Å². The van der Waals surface area contributed by atoms with E-state index in [2.05, 4.69) is 10.4 Å². The zero-order valence-electron chi connectivity index (χ0n) is 19.9. The molecule has 14 heteroatoms. The molecular formula is C24H24F3N5O5S. The summed E-state index contributed by atoms with van der Waals surface area (Å²) in [7, 11) is -5.52. The van der Waals surface area contributed by atoms with Crippen LogP contribution in [-0.2, 0) is 21.3 Å². The number of hydrogen-bond acceptors (Lipinski definition) is 8. The fourth-order valence-electron chi connectivity index (χ4n) is 4.37. The maximum absolute atomic E-state index is 12.6. The number of ether oxygens (including phenoxy) is 1. The molecule has 0 radical (unpaired) electrons. The van der Waals surface area contributed by atoms with Gasteiger partial charge in [-0.2, -0.15) is 21.6 Å². The summed E-state index contributed by atoms with van der Waals surface area (Å²) in [6, 6.07) is 14.8. The van der Waals surface area contributed by atoms with Crippen LogP contribution in [0.4, 0.5) is 30.4 Å². The Labute approximate surface area is 216 Å². The molecule has 3 aromatic rings. The molecule has 202 valence electrons. The normalized spacial score (nSPS) is 23.4. The number of halogens is 3. The Morgan fingerprint density at radius 2 is 1.68 bits per heavy atom. The summed E-state index contributed by atoms with van der Waals surface area (Å²) in [5, 5.41) is 22.4. The number of hydrogen-bond donors (Lipinski definition) is 4. The van der Waals surface area contributed by atoms with E-state index in [-0.39, 0.29) is 5.69 Å². The standard InChI is InChI=1S/C24H24F3N5O5S/c1-14-20(33)21(34)23(37-14)32-12-18(15-5-3-2-4-6-15)19-11-31(13-28-22(19)32)29-16-7-9-17(10-8-16)30-38(35,36)24(25,26)27/h2-10,12-14,20-21,23,29-30,33-34H,11H2,1H3/t14-,20-,21-,23-/m1/s1. The second-order valence-corrected chi connectivity index (χ2v) is 10.6. The number of aliphatic hydroxyl groups is 2. The zero-order chi connectivity index (χ0) is 27.2. The quantitative estimate of drug-likeness (QED) is 0.369. The molecule has 2 aliphatic rings. The molecule has 3 heterocycles. The van der Waals surface area contributed by atoms with E-state index in [0.717, 1.165) is 16.7 Å². The minimum atomic E-state index is -5.52. The van der Waals surface area contributed by atoms with Crippen molar-refractivity contribution in [3.8, 4) is 11.1 Å². The lowest BCUT2D eigenvalue weighted by Gasteiger charge is -2.26. The lowest BCUT2D eigenvalue weighted by Crippen LogP contribution is -2.31. The second-order valence-electron chi connectivity index (χ2n) is 8.94. The molecule has 10 nitrogen and oxygen atoms in total. The van der Waals surface area contributed by atoms with E-state index in [1.807, 2.05) is 36.5 Å². The summed E-state index contributed by atoms with van der Waals surface area (Å²) in [6.07, 6.45) is -0.272. The van der Waals surface area contributed by atoms with Crippen molar-refractivity contribution in [1.29, 1.82) is 0 Å². The Morgan fingerprint density at radius 1 is 1.03 bits per heavy atom. The Bertz CT molecular complexity index is 1440. The number of nitrogens with one attached hydrogen (secondary N) is 2. The first kappa shape index (κ1) is 26.0. The van der Waals surface area contributed by atoms with Gasteiger partial charge in [-0.05, 0) is 36.8 Å². The largest absolute Gasteiger partial charge is 0.516 e. The molecule has 0 saturated carbocycles. The highest BCUT2D eigenvalue weighted by Gasteiger charge is 2.46. The first-order valence-electron chi connectivity index (χ1n) is 11.5. The van der Waals surface area contributed by atoms with Gasteiger partial charge in [-0.3, -0.25) is 15.2 Å². The zero-order valence-corrected chi connectivity index (χ0v) is 20.7. The number of aliphatic imine (C=N–C) groups is 1. The minimum Gasteiger partial charge on any atom is -0.388 e. The van der Waals surface area contributed by atoms with Crippen molar-refractivity contribution in [2.24, 2.45) is 4.99 Å². The molecule has 0 bridgehead atoms. The number of aliphatic hydroxyl groups excluding tert-OH is 2. The van der Waals surface area contributed by atoms with Gasteiger partial charge in [0.05, 0.1) is 18.3 Å². The first-order chi connectivity index (χ1) is 17.9. The molecule has 4 N–H and O–H groups in total. The summed E-state index contributed by atoms with van der Waals surface area (Å²) < 4.78 is 69.5. The summed E-state index contributed by atoms with van der Waals surface area (Å²) >= 11 is 0. The number of anilines is 2. The van der Waals surface area contributed by atoms with Crippen LogP contribution in [0.25, 0.3) is 11.1 Å². The molecule has 2 aliphatic heterocycles. The number of alkyl halides is 3. The highest BCUT2D eigenvalue weighted by Crippen LogP contribution is 2.41. The summed E-state index contributed by atoms with van der Waals surface area (Å²) in [4.78, 5) is 4.55. The van der Waals surface area contributed by atoms with E-state index in [1.54, 1.807) is 16.5 Å². The molecule has 0 amide bonds. The molecule has 0 unspecified atom stereocenters. The molecule has 1 fully saturated rings. The summed E-state index contributed by atoms with van der Waals surface area (Å²) in [5.74, 6) is 0.546. The van der Waals surface area contributed by atoms with Crippen LogP contribution in [0.5, 0.6) is 0 Å². The topological polar surface area (TPSA) is 128 Å². The third-order valence-corrected chi connectivity index (χ3v) is 7.42. The molecule has 5 rings (SSSR count). The van der Waals surface area contributed by atoms with E-state index in [4.69, 9.17) is 4.74 Å². The fourth-order valence-corrected chi connectivity index (χ4v) is 4.93.